The number of benzene rings is 1. The molecule has 0 aliphatic rings. The molecule has 0 fully saturated rings. The summed E-state index contributed by atoms with van der Waals surface area (Å²) in [5.74, 6) is 1.67. The van der Waals surface area contributed by atoms with Gasteiger partial charge in [0.15, 0.2) is 5.82 Å². The van der Waals surface area contributed by atoms with Crippen LogP contribution in [0.5, 0.6) is 5.75 Å². The third kappa shape index (κ3) is 2.29. The van der Waals surface area contributed by atoms with Crippen molar-refractivity contribution in [2.75, 3.05) is 14.2 Å². The molecule has 0 bridgehead atoms. The number of aromatic nitrogens is 3. The van der Waals surface area contributed by atoms with Gasteiger partial charge < -0.3 is 10.1 Å². The predicted octanol–water partition coefficient (Wildman–Crippen LogP) is 1.30. The molecule has 0 spiro atoms. The molecule has 90 valence electrons. The molecule has 1 aromatic heterocycles. The highest BCUT2D eigenvalue weighted by Gasteiger charge is 2.10. The van der Waals surface area contributed by atoms with Gasteiger partial charge in [0.05, 0.1) is 19.3 Å². The van der Waals surface area contributed by atoms with E-state index >= 15 is 0 Å². The van der Waals surface area contributed by atoms with Crippen molar-refractivity contribution in [3.63, 3.8) is 0 Å². The lowest BCUT2D eigenvalue weighted by Crippen LogP contribution is -2.11. The Kier molecular flexibility index (Phi) is 3.39. The van der Waals surface area contributed by atoms with Gasteiger partial charge in [-0.05, 0) is 31.7 Å². The van der Waals surface area contributed by atoms with Gasteiger partial charge in [-0.2, -0.15) is 0 Å². The van der Waals surface area contributed by atoms with E-state index in [0.29, 0.717) is 6.54 Å². The molecule has 5 nitrogen and oxygen atoms in total. The molecule has 0 aliphatic heterocycles. The number of methoxy groups -OCH3 is 1. The number of ether oxygens (including phenoxy) is 1. The molecule has 0 atom stereocenters. The van der Waals surface area contributed by atoms with Gasteiger partial charge >= 0.3 is 0 Å². The van der Waals surface area contributed by atoms with Gasteiger partial charge in [0.1, 0.15) is 12.1 Å². The summed E-state index contributed by atoms with van der Waals surface area (Å²) in [5, 5.41) is 11.1. The zero-order valence-electron chi connectivity index (χ0n) is 10.3. The Bertz CT molecular complexity index is 507. The quantitative estimate of drug-likeness (QED) is 0.863. The first-order chi connectivity index (χ1) is 8.26. The summed E-state index contributed by atoms with van der Waals surface area (Å²) in [7, 11) is 3.54. The molecule has 0 radical (unpaired) electrons. The van der Waals surface area contributed by atoms with Crippen LogP contribution >= 0.6 is 0 Å². The first-order valence-corrected chi connectivity index (χ1v) is 5.44. The maximum absolute atomic E-state index is 5.36. The topological polar surface area (TPSA) is 52.0 Å². The number of rotatable bonds is 4. The zero-order chi connectivity index (χ0) is 12.3. The lowest BCUT2D eigenvalue weighted by Gasteiger charge is -2.11. The molecule has 0 saturated heterocycles. The molecule has 2 rings (SSSR count). The minimum Gasteiger partial charge on any atom is -0.495 e. The Morgan fingerprint density at radius 3 is 2.94 bits per heavy atom. The van der Waals surface area contributed by atoms with Crippen LogP contribution in [0.15, 0.2) is 24.5 Å². The highest BCUT2D eigenvalue weighted by Crippen LogP contribution is 2.24. The first kappa shape index (κ1) is 11.6. The Labute approximate surface area is 100 Å². The van der Waals surface area contributed by atoms with Crippen molar-refractivity contribution in [1.29, 1.82) is 0 Å². The van der Waals surface area contributed by atoms with E-state index in [1.807, 2.05) is 30.7 Å². The van der Waals surface area contributed by atoms with Crippen molar-refractivity contribution in [2.24, 2.45) is 0 Å². The lowest BCUT2D eigenvalue weighted by molar-refractivity contribution is 0.412. The number of nitrogens with zero attached hydrogens (tertiary/aromatic N) is 3. The van der Waals surface area contributed by atoms with Crippen LogP contribution in [0, 0.1) is 6.92 Å². The predicted molar refractivity (Wildman–Crippen MR) is 65.4 cm³/mol. The maximum Gasteiger partial charge on any atom is 0.151 e. The van der Waals surface area contributed by atoms with Gasteiger partial charge in [-0.25, -0.2) is 0 Å². The number of hydrogen-bond donors (Lipinski definition) is 1. The Morgan fingerprint density at radius 2 is 2.24 bits per heavy atom. The first-order valence-electron chi connectivity index (χ1n) is 5.44. The maximum atomic E-state index is 5.36. The van der Waals surface area contributed by atoms with Crippen LogP contribution in [0.4, 0.5) is 0 Å². The van der Waals surface area contributed by atoms with E-state index in [1.165, 1.54) is 5.56 Å². The molecule has 0 aliphatic carbocycles. The normalized spacial score (nSPS) is 10.5. The smallest absolute Gasteiger partial charge is 0.151 e. The number of nitrogens with one attached hydrogen (secondary N) is 1. The SMILES string of the molecule is CNCc1nncn1-c1cc(C)ccc1OC. The van der Waals surface area contributed by atoms with Crippen molar-refractivity contribution < 1.29 is 4.74 Å². The van der Waals surface area contributed by atoms with E-state index in [-0.39, 0.29) is 0 Å². The molecule has 5 heteroatoms. The Hall–Kier alpha value is -1.88. The Morgan fingerprint density at radius 1 is 1.41 bits per heavy atom. The molecule has 1 heterocycles. The van der Waals surface area contributed by atoms with Gasteiger partial charge in [-0.3, -0.25) is 4.57 Å². The van der Waals surface area contributed by atoms with Crippen LogP contribution in [0.3, 0.4) is 0 Å². The van der Waals surface area contributed by atoms with Crippen LogP contribution in [-0.4, -0.2) is 28.9 Å². The lowest BCUT2D eigenvalue weighted by atomic mass is 10.2. The monoisotopic (exact) mass is 232 g/mol. The van der Waals surface area contributed by atoms with Crippen molar-refractivity contribution in [3.05, 3.63) is 35.9 Å². The average Bonchev–Trinajstić information content (AvgIpc) is 2.77. The van der Waals surface area contributed by atoms with E-state index in [0.717, 1.165) is 17.3 Å². The molecule has 0 unspecified atom stereocenters. The van der Waals surface area contributed by atoms with Crippen LogP contribution < -0.4 is 10.1 Å². The summed E-state index contributed by atoms with van der Waals surface area (Å²) in [5.41, 5.74) is 2.13. The molecule has 2 aromatic rings. The van der Waals surface area contributed by atoms with Gasteiger partial charge in [-0.1, -0.05) is 6.07 Å². The summed E-state index contributed by atoms with van der Waals surface area (Å²) in [6.45, 7) is 2.71. The second-order valence-corrected chi connectivity index (χ2v) is 3.82. The number of aryl methyl sites for hydroxylation is 1. The van der Waals surface area contributed by atoms with Gasteiger partial charge in [0, 0.05) is 0 Å². The molecule has 17 heavy (non-hydrogen) atoms. The van der Waals surface area contributed by atoms with E-state index in [9.17, 15) is 0 Å². The molecule has 1 aromatic carbocycles. The summed E-state index contributed by atoms with van der Waals surface area (Å²) in [4.78, 5) is 0. The van der Waals surface area contributed by atoms with Crippen molar-refractivity contribution in [3.8, 4) is 11.4 Å². The van der Waals surface area contributed by atoms with Gasteiger partial charge in [-0.15, -0.1) is 10.2 Å². The highest BCUT2D eigenvalue weighted by molar-refractivity contribution is 5.49. The minimum atomic E-state index is 0.664. The highest BCUT2D eigenvalue weighted by atomic mass is 16.5. The van der Waals surface area contributed by atoms with Crippen molar-refractivity contribution in [2.45, 2.75) is 13.5 Å². The Balaban J connectivity index is 2.51. The van der Waals surface area contributed by atoms with Crippen LogP contribution in [0.2, 0.25) is 0 Å². The fourth-order valence-corrected chi connectivity index (χ4v) is 1.73. The molecular weight excluding hydrogens is 216 g/mol. The second kappa shape index (κ2) is 4.97. The summed E-state index contributed by atoms with van der Waals surface area (Å²) >= 11 is 0. The third-order valence-corrected chi connectivity index (χ3v) is 2.55. The average molecular weight is 232 g/mol. The van der Waals surface area contributed by atoms with E-state index in [1.54, 1.807) is 13.4 Å². The standard InChI is InChI=1S/C12H16N4O/c1-9-4-5-11(17-3)10(6-9)16-8-14-15-12(16)7-13-2/h4-6,8,13H,7H2,1-3H3. The van der Waals surface area contributed by atoms with Crippen LogP contribution in [-0.2, 0) is 6.54 Å². The van der Waals surface area contributed by atoms with Gasteiger partial charge in [0.2, 0.25) is 0 Å². The van der Waals surface area contributed by atoms with E-state index in [4.69, 9.17) is 4.74 Å². The summed E-state index contributed by atoms with van der Waals surface area (Å²) in [6, 6.07) is 6.03. The molecule has 1 N–H and O–H groups in total. The van der Waals surface area contributed by atoms with Gasteiger partial charge in [0.25, 0.3) is 0 Å². The third-order valence-electron chi connectivity index (χ3n) is 2.55. The van der Waals surface area contributed by atoms with Crippen LogP contribution in [0.25, 0.3) is 5.69 Å². The number of hydrogen-bond acceptors (Lipinski definition) is 4. The van der Waals surface area contributed by atoms with E-state index < -0.39 is 0 Å². The summed E-state index contributed by atoms with van der Waals surface area (Å²) in [6.07, 6.45) is 1.70. The minimum absolute atomic E-state index is 0.664. The second-order valence-electron chi connectivity index (χ2n) is 3.82. The van der Waals surface area contributed by atoms with Crippen LogP contribution in [0.1, 0.15) is 11.4 Å². The molecular formula is C12H16N4O. The van der Waals surface area contributed by atoms with E-state index in [2.05, 4.69) is 21.6 Å². The fourth-order valence-electron chi connectivity index (χ4n) is 1.73. The molecule has 0 amide bonds. The molecule has 0 saturated carbocycles. The summed E-state index contributed by atoms with van der Waals surface area (Å²) < 4.78 is 7.29. The zero-order valence-corrected chi connectivity index (χ0v) is 10.3. The fraction of sp³-hybridized carbons (Fsp3) is 0.333. The van der Waals surface area contributed by atoms with Crippen molar-refractivity contribution in [1.82, 2.24) is 20.1 Å². The largest absolute Gasteiger partial charge is 0.495 e. The van der Waals surface area contributed by atoms with Crippen molar-refractivity contribution >= 4 is 0 Å².